The normalized spacial score (nSPS) is 21.7. The first kappa shape index (κ1) is 29.5. The third kappa shape index (κ3) is 4.55. The fraction of sp³-hybridized carbons (Fsp3) is 0.412. The van der Waals surface area contributed by atoms with Crippen molar-refractivity contribution in [2.24, 2.45) is 0 Å². The summed E-state index contributed by atoms with van der Waals surface area (Å²) < 4.78 is 10.2. The molecule has 0 aliphatic carbocycles. The van der Waals surface area contributed by atoms with Gasteiger partial charge in [0.25, 0.3) is 0 Å². The highest BCUT2D eigenvalue weighted by molar-refractivity contribution is 6.27. The number of hydrogen-bond donors (Lipinski definition) is 2. The van der Waals surface area contributed by atoms with Crippen LogP contribution in [0.15, 0.2) is 18.2 Å². The number of ether oxygens (including phenoxy) is 2. The minimum Gasteiger partial charge on any atom is -0.469 e. The van der Waals surface area contributed by atoms with Crippen LogP contribution in [-0.4, -0.2) is 50.7 Å². The molecule has 10 heteroatoms. The number of nitrogens with one attached hydrogen (secondary N) is 2. The maximum absolute atomic E-state index is 13.5. The van der Waals surface area contributed by atoms with E-state index in [2.05, 4.69) is 23.8 Å². The molecule has 0 saturated heterocycles. The summed E-state index contributed by atoms with van der Waals surface area (Å²) in [4.78, 5) is 68.5. The predicted octanol–water partition coefficient (Wildman–Crippen LogP) is 6.31. The van der Waals surface area contributed by atoms with Crippen molar-refractivity contribution in [3.05, 3.63) is 69.1 Å². The maximum atomic E-state index is 13.5. The Morgan fingerprint density at radius 3 is 2.34 bits per heavy atom. The number of allylic oxidation sites excluding steroid dienone is 2. The van der Waals surface area contributed by atoms with Crippen LogP contribution in [-0.2, 0) is 19.1 Å². The highest BCUT2D eigenvalue weighted by Gasteiger charge is 2.39. The molecule has 0 radical (unpaired) electrons. The second-order valence-electron chi connectivity index (χ2n) is 12.1. The Morgan fingerprint density at radius 1 is 0.932 bits per heavy atom. The molecular weight excluding hydrogens is 560 g/mol. The molecule has 0 aromatic carbocycles. The zero-order chi connectivity index (χ0) is 31.6. The summed E-state index contributed by atoms with van der Waals surface area (Å²) in [6, 6.07) is 5.81. The SMILES string of the molecule is CC[C@H]1c2cc3[nH]c4c(c5nc(cc6nc(cc([nH]2)[C@@H]1C)C(C(C)=O)=C6C)[C@@H](C)[C@@H]5CCC(=O)OC)C(=O)OC(=O)c4c3C. The summed E-state index contributed by atoms with van der Waals surface area (Å²) in [7, 11) is 1.34. The Bertz CT molecular complexity index is 1880. The van der Waals surface area contributed by atoms with Gasteiger partial charge < -0.3 is 19.4 Å². The first-order valence-electron chi connectivity index (χ1n) is 15.1. The van der Waals surface area contributed by atoms with Crippen molar-refractivity contribution >= 4 is 45.9 Å². The van der Waals surface area contributed by atoms with E-state index in [1.54, 1.807) is 6.92 Å². The lowest BCUT2D eigenvalue weighted by molar-refractivity contribution is -0.140. The summed E-state index contributed by atoms with van der Waals surface area (Å²) in [5.74, 6) is -2.24. The van der Waals surface area contributed by atoms with Gasteiger partial charge in [0.15, 0.2) is 5.78 Å². The third-order valence-corrected chi connectivity index (χ3v) is 9.65. The van der Waals surface area contributed by atoms with Gasteiger partial charge in [-0.3, -0.25) is 14.6 Å². The van der Waals surface area contributed by atoms with Crippen molar-refractivity contribution in [2.45, 2.75) is 84.5 Å². The zero-order valence-electron chi connectivity index (χ0n) is 26.0. The van der Waals surface area contributed by atoms with Crippen LogP contribution in [0.1, 0.15) is 138 Å². The van der Waals surface area contributed by atoms with E-state index in [1.165, 1.54) is 7.11 Å². The molecule has 4 atom stereocenters. The zero-order valence-corrected chi connectivity index (χ0v) is 26.0. The number of esters is 3. The van der Waals surface area contributed by atoms with Crippen molar-refractivity contribution in [1.29, 1.82) is 0 Å². The molecule has 0 spiro atoms. The molecule has 6 rings (SSSR count). The van der Waals surface area contributed by atoms with Gasteiger partial charge >= 0.3 is 17.9 Å². The van der Waals surface area contributed by atoms with Crippen LogP contribution < -0.4 is 0 Å². The van der Waals surface area contributed by atoms with Crippen molar-refractivity contribution in [3.8, 4) is 0 Å². The number of aryl methyl sites for hydroxylation is 1. The molecule has 2 N–H and O–H groups in total. The van der Waals surface area contributed by atoms with Crippen molar-refractivity contribution in [1.82, 2.24) is 19.9 Å². The molecule has 10 nitrogen and oxygen atoms in total. The van der Waals surface area contributed by atoms with Crippen molar-refractivity contribution < 1.29 is 28.7 Å². The molecule has 228 valence electrons. The smallest absolute Gasteiger partial charge is 0.350 e. The highest BCUT2D eigenvalue weighted by atomic mass is 16.6. The molecule has 2 aromatic rings. The lowest BCUT2D eigenvalue weighted by atomic mass is 9.85. The Hall–Kier alpha value is -4.60. The fourth-order valence-corrected chi connectivity index (χ4v) is 7.12. The van der Waals surface area contributed by atoms with Gasteiger partial charge in [0, 0.05) is 58.3 Å². The van der Waals surface area contributed by atoms with E-state index in [4.69, 9.17) is 19.4 Å². The van der Waals surface area contributed by atoms with Crippen LogP contribution in [0.5, 0.6) is 0 Å². The number of hydrogen-bond acceptors (Lipinski definition) is 8. The number of carbonyl (C=O) groups excluding carboxylic acids is 4. The van der Waals surface area contributed by atoms with Crippen LogP contribution in [0.3, 0.4) is 0 Å². The van der Waals surface area contributed by atoms with Gasteiger partial charge in [0.05, 0.1) is 35.3 Å². The summed E-state index contributed by atoms with van der Waals surface area (Å²) in [6.45, 7) is 11.5. The van der Waals surface area contributed by atoms with Gasteiger partial charge in [0.1, 0.15) is 5.56 Å². The average Bonchev–Trinajstić information content (AvgIpc) is 3.65. The number of methoxy groups -OCH3 is 1. The summed E-state index contributed by atoms with van der Waals surface area (Å²) in [5, 5.41) is 0. The molecule has 8 bridgehead atoms. The largest absolute Gasteiger partial charge is 0.469 e. The van der Waals surface area contributed by atoms with Gasteiger partial charge in [-0.2, -0.15) is 0 Å². The number of carbonyl (C=O) groups is 4. The quantitative estimate of drug-likeness (QED) is 0.302. The molecule has 0 unspecified atom stereocenters. The minimum absolute atomic E-state index is 0.0792. The van der Waals surface area contributed by atoms with Crippen LogP contribution in [0, 0.1) is 6.92 Å². The molecule has 6 heterocycles. The number of ketones is 1. The Labute approximate surface area is 255 Å². The topological polar surface area (TPSA) is 144 Å². The van der Waals surface area contributed by atoms with Gasteiger partial charge in [-0.05, 0) is 62.9 Å². The number of nitrogens with zero attached hydrogens (tertiary/aromatic N) is 2. The minimum atomic E-state index is -0.785. The molecule has 0 fully saturated rings. The average molecular weight is 597 g/mol. The monoisotopic (exact) mass is 596 g/mol. The van der Waals surface area contributed by atoms with Crippen molar-refractivity contribution in [3.63, 3.8) is 0 Å². The van der Waals surface area contributed by atoms with E-state index in [9.17, 15) is 19.2 Å². The molecule has 44 heavy (non-hydrogen) atoms. The Kier molecular flexibility index (Phi) is 7.26. The first-order chi connectivity index (χ1) is 20.9. The van der Waals surface area contributed by atoms with Gasteiger partial charge in [0.2, 0.25) is 0 Å². The highest BCUT2D eigenvalue weighted by Crippen LogP contribution is 2.45. The molecule has 0 amide bonds. The third-order valence-electron chi connectivity index (χ3n) is 9.65. The van der Waals surface area contributed by atoms with E-state index in [-0.39, 0.29) is 47.4 Å². The number of aromatic nitrogens is 4. The second kappa shape index (κ2) is 10.8. The van der Waals surface area contributed by atoms with Crippen LogP contribution >= 0.6 is 0 Å². The standard InChI is InChI=1S/C34H36N4O6/c1-8-19-14(2)21-13-26-28(18(6)39)16(4)23(36-26)11-22-15(3)20(9-10-27(40)43-7)31(37-22)30-32-29(33(41)44-34(30)42)17(5)24(38-32)12-25(19)35-21/h11-15,19-20,35,38H,8-10H2,1-7H3/t14-,15+,19-,20+/m1/s1. The van der Waals surface area contributed by atoms with E-state index in [0.717, 1.165) is 23.4 Å². The number of rotatable bonds is 5. The number of H-pyrrole nitrogens is 2. The summed E-state index contributed by atoms with van der Waals surface area (Å²) in [5.41, 5.74) is 7.72. The molecule has 0 saturated carbocycles. The summed E-state index contributed by atoms with van der Waals surface area (Å²) >= 11 is 0. The second-order valence-corrected chi connectivity index (χ2v) is 12.1. The van der Waals surface area contributed by atoms with E-state index >= 15 is 0 Å². The van der Waals surface area contributed by atoms with Crippen LogP contribution in [0.2, 0.25) is 0 Å². The number of Topliss-reactive ketones (excluding diaryl/α,β-unsaturated/α-hetero) is 1. The maximum Gasteiger partial charge on any atom is 0.350 e. The lowest BCUT2D eigenvalue weighted by Gasteiger charge is -2.18. The predicted molar refractivity (Wildman–Crippen MR) is 164 cm³/mol. The molecule has 4 aliphatic rings. The van der Waals surface area contributed by atoms with E-state index < -0.39 is 11.9 Å². The van der Waals surface area contributed by atoms with Gasteiger partial charge in [-0.25, -0.2) is 14.6 Å². The Morgan fingerprint density at radius 2 is 1.66 bits per heavy atom. The number of fused-ring (bicyclic) bond motifs is 8. The van der Waals surface area contributed by atoms with E-state index in [0.29, 0.717) is 56.9 Å². The fourth-order valence-electron chi connectivity index (χ4n) is 7.12. The van der Waals surface area contributed by atoms with Crippen LogP contribution in [0.25, 0.3) is 22.2 Å². The molecule has 4 aliphatic heterocycles. The molecule has 2 aromatic heterocycles. The lowest BCUT2D eigenvalue weighted by Crippen LogP contribution is -2.21. The van der Waals surface area contributed by atoms with Crippen molar-refractivity contribution in [2.75, 3.05) is 7.11 Å². The van der Waals surface area contributed by atoms with E-state index in [1.807, 2.05) is 39.0 Å². The number of cyclic esters (lactones) is 2. The first-order valence-corrected chi connectivity index (χ1v) is 15.1. The number of aromatic amines is 2. The Balaban J connectivity index is 1.76. The van der Waals surface area contributed by atoms with Crippen LogP contribution in [0.4, 0.5) is 0 Å². The van der Waals surface area contributed by atoms with Gasteiger partial charge in [-0.15, -0.1) is 0 Å². The van der Waals surface area contributed by atoms with Gasteiger partial charge in [-0.1, -0.05) is 20.8 Å². The molecular formula is C34H36N4O6. The summed E-state index contributed by atoms with van der Waals surface area (Å²) in [6.07, 6.45) is 1.34.